The standard InChI is InChI=1S/C9H13N3O/c1-6-7(2)10-8(5-13)11-9(6)12(3)4/h5H,1-4H3. The van der Waals surface area contributed by atoms with Crippen LogP contribution >= 0.6 is 0 Å². The van der Waals surface area contributed by atoms with Gasteiger partial charge in [0.2, 0.25) is 0 Å². The lowest BCUT2D eigenvalue weighted by Gasteiger charge is -2.15. The van der Waals surface area contributed by atoms with Crippen LogP contribution < -0.4 is 4.90 Å². The maximum atomic E-state index is 10.5. The van der Waals surface area contributed by atoms with Crippen LogP contribution in [-0.4, -0.2) is 30.3 Å². The molecule has 0 fully saturated rings. The van der Waals surface area contributed by atoms with Crippen molar-refractivity contribution in [2.45, 2.75) is 13.8 Å². The van der Waals surface area contributed by atoms with Crippen molar-refractivity contribution >= 4 is 12.1 Å². The SMILES string of the molecule is Cc1nc(C=O)nc(N(C)C)c1C. The summed E-state index contributed by atoms with van der Waals surface area (Å²) in [6.07, 6.45) is 0.666. The zero-order chi connectivity index (χ0) is 10.0. The maximum Gasteiger partial charge on any atom is 0.194 e. The first-order valence-electron chi connectivity index (χ1n) is 4.04. The molecule has 0 aliphatic carbocycles. The van der Waals surface area contributed by atoms with Crippen LogP contribution in [0.4, 0.5) is 5.82 Å². The summed E-state index contributed by atoms with van der Waals surface area (Å²) in [5, 5.41) is 0. The van der Waals surface area contributed by atoms with Gasteiger partial charge < -0.3 is 4.90 Å². The molecule has 0 amide bonds. The minimum atomic E-state index is 0.242. The Morgan fingerprint density at radius 2 is 1.85 bits per heavy atom. The molecule has 0 saturated carbocycles. The lowest BCUT2D eigenvalue weighted by Crippen LogP contribution is -2.15. The second-order valence-corrected chi connectivity index (χ2v) is 3.13. The summed E-state index contributed by atoms with van der Waals surface area (Å²) in [7, 11) is 3.78. The molecule has 1 aromatic rings. The summed E-state index contributed by atoms with van der Waals surface area (Å²) < 4.78 is 0. The summed E-state index contributed by atoms with van der Waals surface area (Å²) in [5.41, 5.74) is 1.86. The van der Waals surface area contributed by atoms with Gasteiger partial charge in [0.1, 0.15) is 5.82 Å². The molecular weight excluding hydrogens is 166 g/mol. The number of hydrogen-bond donors (Lipinski definition) is 0. The van der Waals surface area contributed by atoms with E-state index in [2.05, 4.69) is 9.97 Å². The largest absolute Gasteiger partial charge is 0.362 e. The first kappa shape index (κ1) is 9.64. The average Bonchev–Trinajstić information content (AvgIpc) is 2.09. The van der Waals surface area contributed by atoms with Crippen LogP contribution in [0.15, 0.2) is 0 Å². The molecule has 0 aromatic carbocycles. The molecule has 4 heteroatoms. The highest BCUT2D eigenvalue weighted by atomic mass is 16.1. The molecule has 0 N–H and O–H groups in total. The predicted octanol–water partition coefficient (Wildman–Crippen LogP) is 0.972. The number of aromatic nitrogens is 2. The minimum absolute atomic E-state index is 0.242. The molecule has 0 radical (unpaired) electrons. The van der Waals surface area contributed by atoms with Crippen molar-refractivity contribution in [2.24, 2.45) is 0 Å². The van der Waals surface area contributed by atoms with Crippen LogP contribution in [0.3, 0.4) is 0 Å². The third-order valence-electron chi connectivity index (χ3n) is 1.91. The number of carbonyl (C=O) groups excluding carboxylic acids is 1. The molecule has 0 spiro atoms. The van der Waals surface area contributed by atoms with Crippen molar-refractivity contribution in [2.75, 3.05) is 19.0 Å². The fraction of sp³-hybridized carbons (Fsp3) is 0.444. The molecule has 0 atom stereocenters. The van der Waals surface area contributed by atoms with Gasteiger partial charge >= 0.3 is 0 Å². The van der Waals surface area contributed by atoms with Crippen LogP contribution in [-0.2, 0) is 0 Å². The van der Waals surface area contributed by atoms with Gasteiger partial charge in [0.25, 0.3) is 0 Å². The summed E-state index contributed by atoms with van der Waals surface area (Å²) in [6.45, 7) is 3.82. The fourth-order valence-corrected chi connectivity index (χ4v) is 1.12. The van der Waals surface area contributed by atoms with Crippen LogP contribution in [0.25, 0.3) is 0 Å². The van der Waals surface area contributed by atoms with Crippen LogP contribution in [0, 0.1) is 13.8 Å². The molecule has 1 aromatic heterocycles. The quantitative estimate of drug-likeness (QED) is 0.635. The van der Waals surface area contributed by atoms with Crippen LogP contribution in [0.5, 0.6) is 0 Å². The topological polar surface area (TPSA) is 46.1 Å². The van der Waals surface area contributed by atoms with E-state index in [4.69, 9.17) is 0 Å². The maximum absolute atomic E-state index is 10.5. The van der Waals surface area contributed by atoms with Gasteiger partial charge in [-0.3, -0.25) is 4.79 Å². The predicted molar refractivity (Wildman–Crippen MR) is 51.2 cm³/mol. The van der Waals surface area contributed by atoms with E-state index in [-0.39, 0.29) is 5.82 Å². The summed E-state index contributed by atoms with van der Waals surface area (Å²) in [5.74, 6) is 1.04. The highest BCUT2D eigenvalue weighted by Crippen LogP contribution is 2.16. The van der Waals surface area contributed by atoms with E-state index in [1.54, 1.807) is 0 Å². The molecule has 13 heavy (non-hydrogen) atoms. The first-order valence-corrected chi connectivity index (χ1v) is 4.04. The zero-order valence-corrected chi connectivity index (χ0v) is 8.33. The normalized spacial score (nSPS) is 9.85. The summed E-state index contributed by atoms with van der Waals surface area (Å²) in [4.78, 5) is 20.5. The van der Waals surface area contributed by atoms with Gasteiger partial charge in [0, 0.05) is 25.4 Å². The van der Waals surface area contributed by atoms with Gasteiger partial charge in [-0.15, -0.1) is 0 Å². The van der Waals surface area contributed by atoms with Crippen LogP contribution in [0.2, 0.25) is 0 Å². The van der Waals surface area contributed by atoms with E-state index in [1.165, 1.54) is 0 Å². The number of aryl methyl sites for hydroxylation is 1. The molecule has 0 bridgehead atoms. The zero-order valence-electron chi connectivity index (χ0n) is 8.33. The summed E-state index contributed by atoms with van der Waals surface area (Å²) >= 11 is 0. The average molecular weight is 179 g/mol. The van der Waals surface area contributed by atoms with E-state index in [1.807, 2.05) is 32.8 Å². The molecule has 70 valence electrons. The van der Waals surface area contributed by atoms with Crippen molar-refractivity contribution in [3.63, 3.8) is 0 Å². The van der Waals surface area contributed by atoms with E-state index in [0.29, 0.717) is 6.29 Å². The molecule has 1 heterocycles. The Morgan fingerprint density at radius 1 is 1.23 bits per heavy atom. The Hall–Kier alpha value is -1.45. The number of carbonyl (C=O) groups is 1. The van der Waals surface area contributed by atoms with Gasteiger partial charge in [-0.05, 0) is 13.8 Å². The lowest BCUT2D eigenvalue weighted by atomic mass is 10.2. The smallest absolute Gasteiger partial charge is 0.194 e. The number of hydrogen-bond acceptors (Lipinski definition) is 4. The van der Waals surface area contributed by atoms with E-state index in [0.717, 1.165) is 17.1 Å². The Morgan fingerprint density at radius 3 is 2.31 bits per heavy atom. The molecule has 0 aliphatic heterocycles. The third kappa shape index (κ3) is 1.83. The van der Waals surface area contributed by atoms with Gasteiger partial charge in [0.15, 0.2) is 12.1 Å². The van der Waals surface area contributed by atoms with Gasteiger partial charge in [-0.25, -0.2) is 9.97 Å². The molecule has 4 nitrogen and oxygen atoms in total. The number of aldehydes is 1. The van der Waals surface area contributed by atoms with Crippen LogP contribution in [0.1, 0.15) is 21.9 Å². The Bertz CT molecular complexity index is 334. The monoisotopic (exact) mass is 179 g/mol. The number of anilines is 1. The Kier molecular flexibility index (Phi) is 2.60. The number of nitrogens with zero attached hydrogens (tertiary/aromatic N) is 3. The first-order chi connectivity index (χ1) is 6.06. The molecule has 0 aliphatic rings. The van der Waals surface area contributed by atoms with Crippen molar-refractivity contribution in [3.05, 3.63) is 17.1 Å². The molecule has 1 rings (SSSR count). The number of rotatable bonds is 2. The van der Waals surface area contributed by atoms with E-state index < -0.39 is 0 Å². The van der Waals surface area contributed by atoms with Gasteiger partial charge in [0.05, 0.1) is 0 Å². The second kappa shape index (κ2) is 3.51. The second-order valence-electron chi connectivity index (χ2n) is 3.13. The lowest BCUT2D eigenvalue weighted by molar-refractivity contribution is 0.111. The van der Waals surface area contributed by atoms with E-state index >= 15 is 0 Å². The highest BCUT2D eigenvalue weighted by Gasteiger charge is 2.08. The van der Waals surface area contributed by atoms with Gasteiger partial charge in [-0.2, -0.15) is 0 Å². The molecular formula is C9H13N3O. The highest BCUT2D eigenvalue weighted by molar-refractivity contribution is 5.70. The van der Waals surface area contributed by atoms with Crippen molar-refractivity contribution in [1.82, 2.24) is 9.97 Å². The molecule has 0 saturated heterocycles. The van der Waals surface area contributed by atoms with Crippen molar-refractivity contribution < 1.29 is 4.79 Å². The fourth-order valence-electron chi connectivity index (χ4n) is 1.12. The summed E-state index contributed by atoms with van der Waals surface area (Å²) in [6, 6.07) is 0. The van der Waals surface area contributed by atoms with Crippen molar-refractivity contribution in [1.29, 1.82) is 0 Å². The van der Waals surface area contributed by atoms with Crippen molar-refractivity contribution in [3.8, 4) is 0 Å². The Labute approximate surface area is 77.6 Å². The Balaban J connectivity index is 3.32. The minimum Gasteiger partial charge on any atom is -0.362 e. The van der Waals surface area contributed by atoms with Gasteiger partial charge in [-0.1, -0.05) is 0 Å². The van der Waals surface area contributed by atoms with E-state index in [9.17, 15) is 4.79 Å². The third-order valence-corrected chi connectivity index (χ3v) is 1.91. The molecule has 0 unspecified atom stereocenters.